The minimum absolute atomic E-state index is 0.428. The molecule has 0 aromatic heterocycles. The lowest BCUT2D eigenvalue weighted by atomic mass is 9.69. The molecule has 2 nitrogen and oxygen atoms in total. The van der Waals surface area contributed by atoms with Crippen LogP contribution in [0.4, 0.5) is 0 Å². The SMILES string of the molecule is C1=CC2(C=COc3ccc4ccccc4c32)c2c(ccc3ccccc23)O1. The van der Waals surface area contributed by atoms with Gasteiger partial charge in [-0.05, 0) is 45.8 Å². The van der Waals surface area contributed by atoms with Crippen molar-refractivity contribution in [2.75, 3.05) is 0 Å². The van der Waals surface area contributed by atoms with Gasteiger partial charge >= 0.3 is 0 Å². The Bertz CT molecular complexity index is 1180. The third-order valence-corrected chi connectivity index (χ3v) is 5.66. The summed E-state index contributed by atoms with van der Waals surface area (Å²) >= 11 is 0. The van der Waals surface area contributed by atoms with Crippen LogP contribution in [-0.2, 0) is 5.41 Å². The third kappa shape index (κ3) is 1.90. The number of hydrogen-bond acceptors (Lipinski definition) is 2. The van der Waals surface area contributed by atoms with Crippen LogP contribution in [0.15, 0.2) is 97.5 Å². The summed E-state index contributed by atoms with van der Waals surface area (Å²) in [5.74, 6) is 1.78. The van der Waals surface area contributed by atoms with Crippen LogP contribution < -0.4 is 9.47 Å². The van der Waals surface area contributed by atoms with Crippen LogP contribution >= 0.6 is 0 Å². The predicted molar refractivity (Wildman–Crippen MR) is 108 cm³/mol. The maximum absolute atomic E-state index is 5.93. The van der Waals surface area contributed by atoms with Gasteiger partial charge in [0.25, 0.3) is 0 Å². The van der Waals surface area contributed by atoms with Gasteiger partial charge in [-0.1, -0.05) is 60.7 Å². The number of ether oxygens (including phenoxy) is 2. The highest BCUT2D eigenvalue weighted by atomic mass is 16.5. The third-order valence-electron chi connectivity index (χ3n) is 5.66. The molecule has 0 radical (unpaired) electrons. The average Bonchev–Trinajstić information content (AvgIpc) is 2.73. The van der Waals surface area contributed by atoms with Crippen molar-refractivity contribution in [3.05, 3.63) is 109 Å². The number of hydrogen-bond donors (Lipinski definition) is 0. The molecule has 2 aliphatic heterocycles. The van der Waals surface area contributed by atoms with Crippen molar-refractivity contribution in [2.24, 2.45) is 0 Å². The summed E-state index contributed by atoms with van der Waals surface area (Å²) in [6.45, 7) is 0. The fraction of sp³-hybridized carbons (Fsp3) is 0.0400. The van der Waals surface area contributed by atoms with E-state index in [0.717, 1.165) is 11.5 Å². The van der Waals surface area contributed by atoms with Gasteiger partial charge < -0.3 is 9.47 Å². The van der Waals surface area contributed by atoms with Crippen LogP contribution in [0.5, 0.6) is 11.5 Å². The van der Waals surface area contributed by atoms with Crippen molar-refractivity contribution in [1.29, 1.82) is 0 Å². The summed E-state index contributed by atoms with van der Waals surface area (Å²) in [7, 11) is 0. The Balaban J connectivity index is 1.81. The molecule has 0 aliphatic carbocycles. The number of allylic oxidation sites excluding steroid dienone is 2. The molecule has 0 saturated carbocycles. The molecular formula is C25H16O2. The van der Waals surface area contributed by atoms with E-state index >= 15 is 0 Å². The van der Waals surface area contributed by atoms with Crippen LogP contribution in [0.1, 0.15) is 11.1 Å². The minimum Gasteiger partial charge on any atom is -0.465 e. The molecule has 0 fully saturated rings. The first-order valence-electron chi connectivity index (χ1n) is 9.10. The largest absolute Gasteiger partial charge is 0.465 e. The lowest BCUT2D eigenvalue weighted by Gasteiger charge is -2.37. The quantitative estimate of drug-likeness (QED) is 0.383. The molecule has 0 saturated heterocycles. The van der Waals surface area contributed by atoms with Crippen molar-refractivity contribution >= 4 is 21.5 Å². The molecule has 0 bridgehead atoms. The minimum atomic E-state index is -0.428. The Kier molecular flexibility index (Phi) is 2.84. The fourth-order valence-electron chi connectivity index (χ4n) is 4.50. The lowest BCUT2D eigenvalue weighted by Crippen LogP contribution is -2.29. The standard InChI is InChI=1S/C25H16O2/c1-3-7-19-17(5-1)9-11-21-23(19)25(13-15-26-21)14-16-27-22-12-10-18-6-2-4-8-20(18)24(22)25/h1-16H. The van der Waals surface area contributed by atoms with E-state index in [9.17, 15) is 0 Å². The molecule has 0 amide bonds. The van der Waals surface area contributed by atoms with Gasteiger partial charge in [-0.2, -0.15) is 0 Å². The molecule has 0 unspecified atom stereocenters. The zero-order valence-corrected chi connectivity index (χ0v) is 14.6. The molecule has 2 heteroatoms. The number of rotatable bonds is 0. The van der Waals surface area contributed by atoms with Gasteiger partial charge in [0, 0.05) is 11.1 Å². The molecular weight excluding hydrogens is 332 g/mol. The summed E-state index contributed by atoms with van der Waals surface area (Å²) in [6, 6.07) is 25.3. The van der Waals surface area contributed by atoms with Crippen LogP contribution in [0.3, 0.4) is 0 Å². The smallest absolute Gasteiger partial charge is 0.131 e. The molecule has 4 aromatic rings. The van der Waals surface area contributed by atoms with E-state index in [-0.39, 0.29) is 0 Å². The first kappa shape index (κ1) is 14.6. The van der Waals surface area contributed by atoms with Gasteiger partial charge in [0.15, 0.2) is 0 Å². The normalized spacial score (nSPS) is 16.0. The van der Waals surface area contributed by atoms with E-state index in [1.54, 1.807) is 12.5 Å². The number of fused-ring (bicyclic) bond motifs is 8. The molecule has 0 N–H and O–H groups in total. The highest BCUT2D eigenvalue weighted by Crippen LogP contribution is 2.52. The van der Waals surface area contributed by atoms with E-state index in [1.807, 2.05) is 0 Å². The van der Waals surface area contributed by atoms with E-state index in [1.165, 1.54) is 32.7 Å². The summed E-state index contributed by atoms with van der Waals surface area (Å²) < 4.78 is 11.9. The molecule has 128 valence electrons. The molecule has 6 rings (SSSR count). The first-order valence-corrected chi connectivity index (χ1v) is 9.10. The summed E-state index contributed by atoms with van der Waals surface area (Å²) in [5, 5.41) is 4.81. The number of benzene rings is 4. The van der Waals surface area contributed by atoms with E-state index in [0.29, 0.717) is 0 Å². The molecule has 2 aliphatic rings. The second-order valence-corrected chi connectivity index (χ2v) is 7.03. The summed E-state index contributed by atoms with van der Waals surface area (Å²) in [5.41, 5.74) is 1.91. The van der Waals surface area contributed by atoms with Gasteiger partial charge in [-0.15, -0.1) is 0 Å². The van der Waals surface area contributed by atoms with Crippen molar-refractivity contribution in [3.63, 3.8) is 0 Å². The highest BCUT2D eigenvalue weighted by molar-refractivity contribution is 5.96. The summed E-state index contributed by atoms with van der Waals surface area (Å²) in [4.78, 5) is 0. The molecule has 4 aromatic carbocycles. The first-order chi connectivity index (χ1) is 13.4. The van der Waals surface area contributed by atoms with Crippen molar-refractivity contribution in [3.8, 4) is 11.5 Å². The zero-order chi connectivity index (χ0) is 17.8. The van der Waals surface area contributed by atoms with Crippen LogP contribution in [-0.4, -0.2) is 0 Å². The van der Waals surface area contributed by atoms with Gasteiger partial charge in [-0.25, -0.2) is 0 Å². The molecule has 27 heavy (non-hydrogen) atoms. The van der Waals surface area contributed by atoms with Crippen LogP contribution in [0, 0.1) is 0 Å². The summed E-state index contributed by atoms with van der Waals surface area (Å²) in [6.07, 6.45) is 7.90. The molecule has 0 atom stereocenters. The second kappa shape index (κ2) is 5.24. The topological polar surface area (TPSA) is 18.5 Å². The average molecular weight is 348 g/mol. The van der Waals surface area contributed by atoms with E-state index < -0.39 is 5.41 Å². The van der Waals surface area contributed by atoms with Crippen molar-refractivity contribution in [1.82, 2.24) is 0 Å². The highest BCUT2D eigenvalue weighted by Gasteiger charge is 2.41. The Morgan fingerprint density at radius 3 is 1.52 bits per heavy atom. The second-order valence-electron chi connectivity index (χ2n) is 7.03. The maximum atomic E-state index is 5.93. The predicted octanol–water partition coefficient (Wildman–Crippen LogP) is 6.09. The lowest BCUT2D eigenvalue weighted by molar-refractivity contribution is 0.421. The Morgan fingerprint density at radius 2 is 1.00 bits per heavy atom. The van der Waals surface area contributed by atoms with E-state index in [4.69, 9.17) is 9.47 Å². The van der Waals surface area contributed by atoms with Crippen molar-refractivity contribution in [2.45, 2.75) is 5.41 Å². The molecule has 2 heterocycles. The zero-order valence-electron chi connectivity index (χ0n) is 14.6. The Morgan fingerprint density at radius 1 is 0.519 bits per heavy atom. The van der Waals surface area contributed by atoms with Gasteiger partial charge in [-0.3, -0.25) is 0 Å². The monoisotopic (exact) mass is 348 g/mol. The Hall–Kier alpha value is -3.52. The van der Waals surface area contributed by atoms with Gasteiger partial charge in [0.05, 0.1) is 17.9 Å². The van der Waals surface area contributed by atoms with Crippen molar-refractivity contribution < 1.29 is 9.47 Å². The van der Waals surface area contributed by atoms with Gasteiger partial charge in [0.2, 0.25) is 0 Å². The van der Waals surface area contributed by atoms with Gasteiger partial charge in [0.1, 0.15) is 11.5 Å². The fourth-order valence-corrected chi connectivity index (χ4v) is 4.50. The maximum Gasteiger partial charge on any atom is 0.131 e. The molecule has 1 spiro atoms. The van der Waals surface area contributed by atoms with Crippen LogP contribution in [0.25, 0.3) is 21.5 Å². The van der Waals surface area contributed by atoms with E-state index in [2.05, 4.69) is 84.9 Å². The van der Waals surface area contributed by atoms with Crippen LogP contribution in [0.2, 0.25) is 0 Å². The Labute approximate surface area is 157 Å².